The number of sulfonamides is 1. The van der Waals surface area contributed by atoms with Gasteiger partial charge in [-0.15, -0.1) is 0 Å². The van der Waals surface area contributed by atoms with Crippen LogP contribution in [-0.4, -0.2) is 19.5 Å². The third-order valence-electron chi connectivity index (χ3n) is 4.39. The summed E-state index contributed by atoms with van der Waals surface area (Å²) < 4.78 is 29.2. The van der Waals surface area contributed by atoms with Crippen molar-refractivity contribution in [1.29, 1.82) is 0 Å². The van der Waals surface area contributed by atoms with Gasteiger partial charge in [0.05, 0.1) is 4.90 Å². The van der Waals surface area contributed by atoms with E-state index in [0.717, 1.165) is 18.7 Å². The maximum Gasteiger partial charge on any atom is 0.242 e. The van der Waals surface area contributed by atoms with Crippen molar-refractivity contribution in [2.45, 2.75) is 63.4 Å². The van der Waals surface area contributed by atoms with Crippen LogP contribution in [0.1, 0.15) is 51.1 Å². The highest BCUT2D eigenvalue weighted by Gasteiger charge is 2.19. The van der Waals surface area contributed by atoms with E-state index in [1.807, 2.05) is 11.5 Å². The standard InChI is InChI=1S/C15H27N3O2S/c1-2-18-12-15(10-14(18)11-16)21(19,20)17-9-8-13-6-4-3-5-7-13/h10,12-13,17H,2-9,11,16H2,1H3. The van der Waals surface area contributed by atoms with Crippen molar-refractivity contribution < 1.29 is 8.42 Å². The zero-order valence-electron chi connectivity index (χ0n) is 12.8. The predicted octanol–water partition coefficient (Wildman–Crippen LogP) is 2.22. The normalized spacial score (nSPS) is 17.2. The van der Waals surface area contributed by atoms with E-state index in [1.165, 1.54) is 32.1 Å². The zero-order valence-corrected chi connectivity index (χ0v) is 13.7. The summed E-state index contributed by atoms with van der Waals surface area (Å²) in [5.74, 6) is 0.682. The maximum atomic E-state index is 12.3. The van der Waals surface area contributed by atoms with E-state index < -0.39 is 10.0 Å². The van der Waals surface area contributed by atoms with E-state index in [-0.39, 0.29) is 0 Å². The molecule has 1 heterocycles. The van der Waals surface area contributed by atoms with Crippen LogP contribution in [0.2, 0.25) is 0 Å². The Morgan fingerprint density at radius 2 is 2.05 bits per heavy atom. The number of hydrogen-bond donors (Lipinski definition) is 2. The van der Waals surface area contributed by atoms with Crippen molar-refractivity contribution in [2.75, 3.05) is 6.54 Å². The molecule has 0 amide bonds. The fraction of sp³-hybridized carbons (Fsp3) is 0.733. The van der Waals surface area contributed by atoms with Crippen LogP contribution in [0.25, 0.3) is 0 Å². The van der Waals surface area contributed by atoms with Crippen molar-refractivity contribution in [1.82, 2.24) is 9.29 Å². The lowest BCUT2D eigenvalue weighted by molar-refractivity contribution is 0.339. The summed E-state index contributed by atoms with van der Waals surface area (Å²) in [7, 11) is -3.41. The predicted molar refractivity (Wildman–Crippen MR) is 84.4 cm³/mol. The molecule has 1 aliphatic carbocycles. The molecule has 0 atom stereocenters. The Labute approximate surface area is 128 Å². The minimum absolute atomic E-state index is 0.327. The summed E-state index contributed by atoms with van der Waals surface area (Å²) in [5, 5.41) is 0. The van der Waals surface area contributed by atoms with Crippen molar-refractivity contribution >= 4 is 10.0 Å². The van der Waals surface area contributed by atoms with Gasteiger partial charge in [-0.2, -0.15) is 0 Å². The Morgan fingerprint density at radius 1 is 1.33 bits per heavy atom. The molecule has 0 unspecified atom stereocenters. The van der Waals surface area contributed by atoms with Crippen molar-refractivity contribution in [2.24, 2.45) is 11.7 Å². The number of nitrogens with one attached hydrogen (secondary N) is 1. The smallest absolute Gasteiger partial charge is 0.242 e. The van der Waals surface area contributed by atoms with Crippen LogP contribution in [0.15, 0.2) is 17.2 Å². The second kappa shape index (κ2) is 7.42. The first-order chi connectivity index (χ1) is 10.1. The Hall–Kier alpha value is -0.850. The monoisotopic (exact) mass is 313 g/mol. The molecule has 5 nitrogen and oxygen atoms in total. The van der Waals surface area contributed by atoms with Crippen LogP contribution in [0.3, 0.4) is 0 Å². The Balaban J connectivity index is 1.93. The van der Waals surface area contributed by atoms with E-state index in [1.54, 1.807) is 12.3 Å². The Morgan fingerprint density at radius 3 is 2.62 bits per heavy atom. The molecule has 1 saturated carbocycles. The highest BCUT2D eigenvalue weighted by atomic mass is 32.2. The molecular formula is C15H27N3O2S. The lowest BCUT2D eigenvalue weighted by atomic mass is 9.87. The number of hydrogen-bond acceptors (Lipinski definition) is 3. The minimum atomic E-state index is -3.41. The van der Waals surface area contributed by atoms with Gasteiger partial charge in [-0.05, 0) is 25.3 Å². The first kappa shape index (κ1) is 16.5. The number of rotatable bonds is 7. The van der Waals surface area contributed by atoms with Crippen LogP contribution in [-0.2, 0) is 23.1 Å². The van der Waals surface area contributed by atoms with Crippen LogP contribution in [0, 0.1) is 5.92 Å². The molecule has 1 aromatic heterocycles. The number of aryl methyl sites for hydroxylation is 1. The van der Waals surface area contributed by atoms with Gasteiger partial charge in [0, 0.05) is 31.5 Å². The topological polar surface area (TPSA) is 77.1 Å². The molecule has 0 spiro atoms. The second-order valence-electron chi connectivity index (χ2n) is 5.85. The summed E-state index contributed by atoms with van der Waals surface area (Å²) in [6.07, 6.45) is 9.00. The molecular weight excluding hydrogens is 286 g/mol. The maximum absolute atomic E-state index is 12.3. The minimum Gasteiger partial charge on any atom is -0.349 e. The van der Waals surface area contributed by atoms with Crippen molar-refractivity contribution in [3.8, 4) is 0 Å². The second-order valence-corrected chi connectivity index (χ2v) is 7.61. The van der Waals surface area contributed by atoms with Crippen molar-refractivity contribution in [3.05, 3.63) is 18.0 Å². The summed E-state index contributed by atoms with van der Waals surface area (Å²) in [6.45, 7) is 3.59. The first-order valence-electron chi connectivity index (χ1n) is 7.95. The van der Waals surface area contributed by atoms with Gasteiger partial charge in [0.15, 0.2) is 0 Å². The average Bonchev–Trinajstić information content (AvgIpc) is 2.92. The third-order valence-corrected chi connectivity index (χ3v) is 5.82. The first-order valence-corrected chi connectivity index (χ1v) is 9.44. The molecule has 0 bridgehead atoms. The SMILES string of the molecule is CCn1cc(S(=O)(=O)NCCC2CCCCC2)cc1CN. The lowest BCUT2D eigenvalue weighted by Crippen LogP contribution is -2.26. The molecule has 6 heteroatoms. The van der Waals surface area contributed by atoms with E-state index in [4.69, 9.17) is 5.73 Å². The van der Waals surface area contributed by atoms with Gasteiger partial charge in [-0.3, -0.25) is 0 Å². The third kappa shape index (κ3) is 4.31. The summed E-state index contributed by atoms with van der Waals surface area (Å²) in [5.41, 5.74) is 6.50. The molecule has 120 valence electrons. The molecule has 1 aliphatic rings. The van der Waals surface area contributed by atoms with Crippen LogP contribution < -0.4 is 10.5 Å². The largest absolute Gasteiger partial charge is 0.349 e. The zero-order chi connectivity index (χ0) is 15.3. The fourth-order valence-electron chi connectivity index (χ4n) is 3.09. The van der Waals surface area contributed by atoms with Gasteiger partial charge < -0.3 is 10.3 Å². The molecule has 0 aromatic carbocycles. The summed E-state index contributed by atoms with van der Waals surface area (Å²) in [4.78, 5) is 0.327. The molecule has 21 heavy (non-hydrogen) atoms. The highest BCUT2D eigenvalue weighted by molar-refractivity contribution is 7.89. The van der Waals surface area contributed by atoms with E-state index in [0.29, 0.717) is 23.9 Å². The molecule has 0 saturated heterocycles. The quantitative estimate of drug-likeness (QED) is 0.810. The van der Waals surface area contributed by atoms with Crippen LogP contribution in [0.5, 0.6) is 0 Å². The summed E-state index contributed by atoms with van der Waals surface area (Å²) >= 11 is 0. The fourth-order valence-corrected chi connectivity index (χ4v) is 4.21. The number of nitrogens with two attached hydrogens (primary N) is 1. The number of aromatic nitrogens is 1. The molecule has 0 radical (unpaired) electrons. The van der Waals surface area contributed by atoms with Crippen molar-refractivity contribution in [3.63, 3.8) is 0 Å². The average molecular weight is 313 g/mol. The van der Waals surface area contributed by atoms with Gasteiger partial charge in [-0.1, -0.05) is 32.1 Å². The van der Waals surface area contributed by atoms with E-state index >= 15 is 0 Å². The van der Waals surface area contributed by atoms with Gasteiger partial charge in [0.2, 0.25) is 10.0 Å². The summed E-state index contributed by atoms with van der Waals surface area (Å²) in [6, 6.07) is 1.67. The number of nitrogens with zero attached hydrogens (tertiary/aromatic N) is 1. The lowest BCUT2D eigenvalue weighted by Gasteiger charge is -2.21. The van der Waals surface area contributed by atoms with Crippen LogP contribution in [0.4, 0.5) is 0 Å². The van der Waals surface area contributed by atoms with Gasteiger partial charge in [0.1, 0.15) is 0 Å². The van der Waals surface area contributed by atoms with E-state index in [2.05, 4.69) is 4.72 Å². The molecule has 2 rings (SSSR count). The van der Waals surface area contributed by atoms with Crippen LogP contribution >= 0.6 is 0 Å². The van der Waals surface area contributed by atoms with E-state index in [9.17, 15) is 8.42 Å². The van der Waals surface area contributed by atoms with Gasteiger partial charge >= 0.3 is 0 Å². The van der Waals surface area contributed by atoms with Gasteiger partial charge in [0.25, 0.3) is 0 Å². The highest BCUT2D eigenvalue weighted by Crippen LogP contribution is 2.26. The molecule has 1 fully saturated rings. The Bertz CT molecular complexity index is 524. The molecule has 3 N–H and O–H groups in total. The molecule has 0 aliphatic heterocycles. The molecule has 1 aromatic rings. The Kier molecular flexibility index (Phi) is 5.84. The van der Waals surface area contributed by atoms with Gasteiger partial charge in [-0.25, -0.2) is 13.1 Å².